The molecule has 1 amide bonds. The highest BCUT2D eigenvalue weighted by Crippen LogP contribution is 2.28. The number of piperidine rings is 1. The van der Waals surface area contributed by atoms with Gasteiger partial charge in [0.15, 0.2) is 5.82 Å². The van der Waals surface area contributed by atoms with E-state index < -0.39 is 0 Å². The van der Waals surface area contributed by atoms with Crippen molar-refractivity contribution in [2.75, 3.05) is 25.5 Å². The molecule has 4 rings (SSSR count). The average molecular weight is 407 g/mol. The largest absolute Gasteiger partial charge is 0.349 e. The molecule has 29 heavy (non-hydrogen) atoms. The smallest absolute Gasteiger partial charge is 0.251 e. The van der Waals surface area contributed by atoms with Crippen LogP contribution in [0.15, 0.2) is 42.5 Å². The SMILES string of the molecule is CN1CCC(NC(=O)c2ccc(Nc3cc(-c4ccc(C#N)s4)[nH]n3)cc2)CC1. The molecule has 1 fully saturated rings. The lowest BCUT2D eigenvalue weighted by Gasteiger charge is -2.29. The van der Waals surface area contributed by atoms with Gasteiger partial charge in [-0.3, -0.25) is 9.89 Å². The molecule has 3 N–H and O–H groups in total. The number of nitrogens with zero attached hydrogens (tertiary/aromatic N) is 3. The number of hydrogen-bond donors (Lipinski definition) is 3. The summed E-state index contributed by atoms with van der Waals surface area (Å²) >= 11 is 1.42. The Labute approximate surface area is 173 Å². The van der Waals surface area contributed by atoms with Crippen LogP contribution in [0.3, 0.4) is 0 Å². The van der Waals surface area contributed by atoms with E-state index in [-0.39, 0.29) is 11.9 Å². The van der Waals surface area contributed by atoms with E-state index in [9.17, 15) is 4.79 Å². The van der Waals surface area contributed by atoms with Crippen molar-refractivity contribution in [1.82, 2.24) is 20.4 Å². The van der Waals surface area contributed by atoms with Crippen LogP contribution in [-0.4, -0.2) is 47.2 Å². The first-order chi connectivity index (χ1) is 14.1. The number of thiophene rings is 1. The van der Waals surface area contributed by atoms with Gasteiger partial charge in [-0.2, -0.15) is 10.4 Å². The van der Waals surface area contributed by atoms with Crippen molar-refractivity contribution in [3.8, 4) is 16.6 Å². The summed E-state index contributed by atoms with van der Waals surface area (Å²) in [4.78, 5) is 16.4. The summed E-state index contributed by atoms with van der Waals surface area (Å²) in [5.41, 5.74) is 2.36. The fraction of sp³-hybridized carbons (Fsp3) is 0.286. The minimum absolute atomic E-state index is 0.0286. The number of benzene rings is 1. The van der Waals surface area contributed by atoms with E-state index in [1.807, 2.05) is 36.4 Å². The third-order valence-electron chi connectivity index (χ3n) is 5.03. The maximum absolute atomic E-state index is 12.5. The molecule has 0 radical (unpaired) electrons. The van der Waals surface area contributed by atoms with Crippen LogP contribution in [0.1, 0.15) is 28.1 Å². The Kier molecular flexibility index (Phi) is 5.60. The number of aromatic amines is 1. The molecule has 0 unspecified atom stereocenters. The van der Waals surface area contributed by atoms with E-state index in [4.69, 9.17) is 5.26 Å². The molecule has 1 aromatic carbocycles. The lowest BCUT2D eigenvalue weighted by Crippen LogP contribution is -2.43. The Balaban J connectivity index is 1.36. The van der Waals surface area contributed by atoms with E-state index in [0.717, 1.165) is 42.2 Å². The number of carbonyl (C=O) groups excluding carboxylic acids is 1. The van der Waals surface area contributed by atoms with Gasteiger partial charge >= 0.3 is 0 Å². The molecule has 1 aliphatic rings. The van der Waals surface area contributed by atoms with Crippen molar-refractivity contribution >= 4 is 28.7 Å². The van der Waals surface area contributed by atoms with Crippen molar-refractivity contribution in [3.63, 3.8) is 0 Å². The molecule has 1 aliphatic heterocycles. The van der Waals surface area contributed by atoms with Gasteiger partial charge in [0.1, 0.15) is 10.9 Å². The van der Waals surface area contributed by atoms with Crippen molar-refractivity contribution in [2.45, 2.75) is 18.9 Å². The maximum Gasteiger partial charge on any atom is 0.251 e. The number of likely N-dealkylation sites (tertiary alicyclic amines) is 1. The number of hydrogen-bond acceptors (Lipinski definition) is 6. The van der Waals surface area contributed by atoms with Gasteiger partial charge in [-0.1, -0.05) is 0 Å². The molecule has 0 atom stereocenters. The van der Waals surface area contributed by atoms with Gasteiger partial charge < -0.3 is 15.5 Å². The van der Waals surface area contributed by atoms with Gasteiger partial charge in [-0.05, 0) is 69.4 Å². The van der Waals surface area contributed by atoms with E-state index in [1.165, 1.54) is 11.3 Å². The lowest BCUT2D eigenvalue weighted by molar-refractivity contribution is 0.0917. The predicted octanol–water partition coefficient (Wildman–Crippen LogP) is 3.58. The van der Waals surface area contributed by atoms with Crippen molar-refractivity contribution in [3.05, 3.63) is 52.9 Å². The Hall–Kier alpha value is -3.15. The first-order valence-electron chi connectivity index (χ1n) is 9.53. The number of aromatic nitrogens is 2. The first kappa shape index (κ1) is 19.2. The molecule has 2 aromatic heterocycles. The summed E-state index contributed by atoms with van der Waals surface area (Å²) < 4.78 is 0. The zero-order valence-corrected chi connectivity index (χ0v) is 16.9. The highest BCUT2D eigenvalue weighted by Gasteiger charge is 2.19. The number of H-pyrrole nitrogens is 1. The maximum atomic E-state index is 12.5. The quantitative estimate of drug-likeness (QED) is 0.602. The summed E-state index contributed by atoms with van der Waals surface area (Å²) in [6.07, 6.45) is 1.98. The van der Waals surface area contributed by atoms with Gasteiger partial charge in [0.25, 0.3) is 5.91 Å². The van der Waals surface area contributed by atoms with Crippen LogP contribution in [0.5, 0.6) is 0 Å². The Morgan fingerprint density at radius 2 is 2.00 bits per heavy atom. The summed E-state index contributed by atoms with van der Waals surface area (Å²) in [5.74, 6) is 0.648. The molecular weight excluding hydrogens is 384 g/mol. The zero-order chi connectivity index (χ0) is 20.2. The van der Waals surface area contributed by atoms with E-state index >= 15 is 0 Å². The van der Waals surface area contributed by atoms with Crippen LogP contribution >= 0.6 is 11.3 Å². The second-order valence-corrected chi connectivity index (χ2v) is 8.28. The normalized spacial score (nSPS) is 15.0. The molecule has 0 bridgehead atoms. The Morgan fingerprint density at radius 3 is 2.69 bits per heavy atom. The summed E-state index contributed by atoms with van der Waals surface area (Å²) in [7, 11) is 2.11. The van der Waals surface area contributed by atoms with Crippen molar-refractivity contribution in [1.29, 1.82) is 5.26 Å². The fourth-order valence-corrected chi connectivity index (χ4v) is 4.10. The number of anilines is 2. The standard InChI is InChI=1S/C21H22N6OS/c1-27-10-8-16(9-11-27)24-21(28)14-2-4-15(5-3-14)23-20-12-18(25-26-20)19-7-6-17(13-22)29-19/h2-7,12,16H,8-11H2,1H3,(H,24,28)(H2,23,25,26). The minimum Gasteiger partial charge on any atom is -0.349 e. The van der Waals surface area contributed by atoms with Gasteiger partial charge in [0, 0.05) is 23.4 Å². The highest BCUT2D eigenvalue weighted by molar-refractivity contribution is 7.15. The molecule has 1 saturated heterocycles. The van der Waals surface area contributed by atoms with E-state index in [1.54, 1.807) is 6.07 Å². The van der Waals surface area contributed by atoms with Gasteiger partial charge in [-0.25, -0.2) is 0 Å². The third-order valence-corrected chi connectivity index (χ3v) is 6.06. The van der Waals surface area contributed by atoms with Gasteiger partial charge in [0.2, 0.25) is 0 Å². The predicted molar refractivity (Wildman–Crippen MR) is 114 cm³/mol. The first-order valence-corrected chi connectivity index (χ1v) is 10.3. The molecule has 8 heteroatoms. The summed E-state index contributed by atoms with van der Waals surface area (Å²) in [5, 5.41) is 22.6. The van der Waals surface area contributed by atoms with Crippen LogP contribution in [0.2, 0.25) is 0 Å². The van der Waals surface area contributed by atoms with Crippen LogP contribution in [0.4, 0.5) is 11.5 Å². The van der Waals surface area contributed by atoms with Gasteiger partial charge in [-0.15, -0.1) is 11.3 Å². The fourth-order valence-electron chi connectivity index (χ4n) is 3.33. The Morgan fingerprint density at radius 1 is 1.24 bits per heavy atom. The molecule has 148 valence electrons. The Bertz CT molecular complexity index is 1020. The second kappa shape index (κ2) is 8.47. The number of nitriles is 1. The number of rotatable bonds is 5. The molecule has 3 heterocycles. The van der Waals surface area contributed by atoms with Crippen LogP contribution < -0.4 is 10.6 Å². The zero-order valence-electron chi connectivity index (χ0n) is 16.1. The minimum atomic E-state index is -0.0286. The van der Waals surface area contributed by atoms with Gasteiger partial charge in [0.05, 0.1) is 10.6 Å². The lowest BCUT2D eigenvalue weighted by atomic mass is 10.0. The van der Waals surface area contributed by atoms with Crippen molar-refractivity contribution in [2.24, 2.45) is 0 Å². The summed E-state index contributed by atoms with van der Waals surface area (Å²) in [6, 6.07) is 15.4. The average Bonchev–Trinajstić information content (AvgIpc) is 3.39. The molecule has 7 nitrogen and oxygen atoms in total. The van der Waals surface area contributed by atoms with E-state index in [0.29, 0.717) is 16.3 Å². The number of nitrogens with one attached hydrogen (secondary N) is 3. The monoisotopic (exact) mass is 406 g/mol. The van der Waals surface area contributed by atoms with Crippen molar-refractivity contribution < 1.29 is 4.79 Å². The van der Waals surface area contributed by atoms with Crippen LogP contribution in [-0.2, 0) is 0 Å². The topological polar surface area (TPSA) is 96.8 Å². The summed E-state index contributed by atoms with van der Waals surface area (Å²) in [6.45, 7) is 2.03. The molecule has 0 aliphatic carbocycles. The highest BCUT2D eigenvalue weighted by atomic mass is 32.1. The second-order valence-electron chi connectivity index (χ2n) is 7.20. The molecular formula is C21H22N6OS. The van der Waals surface area contributed by atoms with Crippen LogP contribution in [0, 0.1) is 11.3 Å². The van der Waals surface area contributed by atoms with Crippen LogP contribution in [0.25, 0.3) is 10.6 Å². The van der Waals surface area contributed by atoms with E-state index in [2.05, 4.69) is 38.8 Å². The molecule has 3 aromatic rings. The number of carbonyl (C=O) groups is 1. The number of amides is 1. The molecule has 0 saturated carbocycles. The third kappa shape index (κ3) is 4.65. The molecule has 0 spiro atoms.